The Bertz CT molecular complexity index is 13.5. The second-order valence-corrected chi connectivity index (χ2v) is 0. The zero-order valence-electron chi connectivity index (χ0n) is 3.36. The van der Waals surface area contributed by atoms with E-state index in [0.717, 1.165) is 0 Å². The Morgan fingerprint density at radius 2 is 0.833 bits per heavy atom. The van der Waals surface area contributed by atoms with Crippen molar-refractivity contribution in [3.05, 3.63) is 0 Å². The summed E-state index contributed by atoms with van der Waals surface area (Å²) in [5, 5.41) is 0. The van der Waals surface area contributed by atoms with E-state index in [1.54, 1.807) is 0 Å². The van der Waals surface area contributed by atoms with Gasteiger partial charge >= 0.3 is 0 Å². The molecule has 0 aromatic rings. The molecule has 0 aromatic carbocycles. The van der Waals surface area contributed by atoms with E-state index in [0.29, 0.717) is 0 Å². The first kappa shape index (κ1) is 60.4. The predicted octanol–water partition coefficient (Wildman–Crippen LogP) is -2.42. The minimum Gasteiger partial charge on any atom is -0.412 e. The third-order valence-corrected chi connectivity index (χ3v) is 0. The van der Waals surface area contributed by atoms with Crippen molar-refractivity contribution < 1.29 is 54.4 Å². The fourth-order valence-electron chi connectivity index (χ4n) is 0. The van der Waals surface area contributed by atoms with Crippen molar-refractivity contribution in [2.45, 2.75) is 0 Å². The molecular formula is H4KNbO2SiW. The molecule has 4 N–H and O–H groups in total. The summed E-state index contributed by atoms with van der Waals surface area (Å²) in [6, 6.07) is 0. The fraction of sp³-hybridized carbons (Fsp3) is 0. The van der Waals surface area contributed by atoms with Gasteiger partial charge in [0.25, 0.3) is 0 Å². The van der Waals surface area contributed by atoms with Gasteiger partial charge in [-0.15, -0.1) is 0 Å². The van der Waals surface area contributed by atoms with Crippen LogP contribution in [0.5, 0.6) is 0 Å². The molecule has 2 nitrogen and oxygen atoms in total. The monoisotopic (exact) mass is 380 g/mol. The first-order valence-corrected chi connectivity index (χ1v) is 0. The van der Waals surface area contributed by atoms with Crippen LogP contribution in [0.1, 0.15) is 0 Å². The summed E-state index contributed by atoms with van der Waals surface area (Å²) in [7, 11) is 0. The van der Waals surface area contributed by atoms with Crippen molar-refractivity contribution >= 4 is 62.3 Å². The number of hydrogen-bond donors (Lipinski definition) is 0. The summed E-state index contributed by atoms with van der Waals surface area (Å²) in [5.41, 5.74) is 0. The smallest absolute Gasteiger partial charge is 0 e. The van der Waals surface area contributed by atoms with E-state index in [4.69, 9.17) is 0 Å². The molecule has 0 fully saturated rings. The Labute approximate surface area is 114 Å². The maximum absolute atomic E-state index is 0. The summed E-state index contributed by atoms with van der Waals surface area (Å²) in [4.78, 5) is 0. The van der Waals surface area contributed by atoms with Crippen LogP contribution in [0.15, 0.2) is 0 Å². The van der Waals surface area contributed by atoms with Crippen LogP contribution in [0.2, 0.25) is 0 Å². The van der Waals surface area contributed by atoms with Crippen LogP contribution >= 0.6 is 0 Å². The van der Waals surface area contributed by atoms with Crippen LogP contribution < -0.4 is 0 Å². The maximum atomic E-state index is 0. The van der Waals surface area contributed by atoms with Crippen molar-refractivity contribution in [1.29, 1.82) is 0 Å². The normalized spacial score (nSPS) is 0. The van der Waals surface area contributed by atoms with Crippen LogP contribution in [0.25, 0.3) is 0 Å². The van der Waals surface area contributed by atoms with Crippen molar-refractivity contribution in [3.63, 3.8) is 0 Å². The quantitative estimate of drug-likeness (QED) is 0.421. The summed E-state index contributed by atoms with van der Waals surface area (Å²) < 4.78 is 0. The van der Waals surface area contributed by atoms with Gasteiger partial charge in [-0.3, -0.25) is 0 Å². The van der Waals surface area contributed by atoms with Gasteiger partial charge in [-0.25, -0.2) is 0 Å². The topological polar surface area (TPSA) is 63.0 Å². The standard InChI is InChI=1S/K.Nb.2H2O.Si.W/h;;2*1H2;;. The molecular weight excluding hydrogens is 376 g/mol. The van der Waals surface area contributed by atoms with E-state index in [1.807, 2.05) is 0 Å². The van der Waals surface area contributed by atoms with Crippen molar-refractivity contribution in [2.24, 2.45) is 0 Å². The van der Waals surface area contributed by atoms with Crippen LogP contribution in [-0.4, -0.2) is 73.3 Å². The van der Waals surface area contributed by atoms with E-state index >= 15 is 0 Å². The number of rotatable bonds is 0. The molecule has 6 heteroatoms. The molecule has 0 aliphatic heterocycles. The molecule has 0 unspecified atom stereocenters. The predicted molar refractivity (Wildman–Crippen MR) is 18.7 cm³/mol. The van der Waals surface area contributed by atoms with Crippen LogP contribution in [-0.2, 0) is 43.4 Å². The van der Waals surface area contributed by atoms with Crippen LogP contribution in [0.4, 0.5) is 0 Å². The molecule has 0 heterocycles. The average molecular weight is 380 g/mol. The molecule has 0 bridgehead atoms. The molecule has 0 saturated carbocycles. The second kappa shape index (κ2) is 41.5. The van der Waals surface area contributed by atoms with Gasteiger partial charge in [0.05, 0.1) is 0 Å². The molecule has 0 rings (SSSR count). The van der Waals surface area contributed by atoms with E-state index in [1.165, 1.54) is 0 Å². The molecule has 0 aromatic heterocycles. The van der Waals surface area contributed by atoms with Gasteiger partial charge in [0.2, 0.25) is 0 Å². The molecule has 0 spiro atoms. The molecule has 0 saturated heterocycles. The summed E-state index contributed by atoms with van der Waals surface area (Å²) in [6.45, 7) is 0. The van der Waals surface area contributed by atoms with Gasteiger partial charge in [0.1, 0.15) is 0 Å². The Morgan fingerprint density at radius 1 is 0.833 bits per heavy atom. The molecule has 0 aliphatic rings. The Morgan fingerprint density at radius 3 is 0.833 bits per heavy atom. The molecule has 0 atom stereocenters. The van der Waals surface area contributed by atoms with Gasteiger partial charge in [-0.1, -0.05) is 0 Å². The first-order valence-electron chi connectivity index (χ1n) is 0. The van der Waals surface area contributed by atoms with E-state index in [-0.39, 0.29) is 117 Å². The summed E-state index contributed by atoms with van der Waals surface area (Å²) >= 11 is 0. The minimum atomic E-state index is 0. The fourth-order valence-corrected chi connectivity index (χ4v) is 0. The summed E-state index contributed by atoms with van der Waals surface area (Å²) in [6.07, 6.45) is 0. The number of hydrogen-bond acceptors (Lipinski definition) is 0. The molecule has 0 amide bonds. The van der Waals surface area contributed by atoms with Crippen molar-refractivity contribution in [3.8, 4) is 0 Å². The Balaban J connectivity index is 0. The van der Waals surface area contributed by atoms with E-state index in [2.05, 4.69) is 0 Å². The van der Waals surface area contributed by atoms with Crippen molar-refractivity contribution in [2.75, 3.05) is 0 Å². The van der Waals surface area contributed by atoms with E-state index in [9.17, 15) is 0 Å². The molecule has 32 valence electrons. The minimum absolute atomic E-state index is 0. The SMILES string of the molecule is O.O.[K].[Nb].[Si].[W]. The van der Waals surface area contributed by atoms with Crippen LogP contribution in [0.3, 0.4) is 0 Å². The summed E-state index contributed by atoms with van der Waals surface area (Å²) in [5.74, 6) is 0. The van der Waals surface area contributed by atoms with Gasteiger partial charge in [-0.05, 0) is 0 Å². The van der Waals surface area contributed by atoms with Gasteiger partial charge in [-0.2, -0.15) is 0 Å². The Hall–Kier alpha value is 3.20. The molecule has 0 aliphatic carbocycles. The van der Waals surface area contributed by atoms with Crippen LogP contribution in [0, 0.1) is 0 Å². The maximum Gasteiger partial charge on any atom is 0 e. The second-order valence-electron chi connectivity index (χ2n) is 0. The Kier molecular flexibility index (Phi) is 418. The van der Waals surface area contributed by atoms with Gasteiger partial charge in [0, 0.05) is 106 Å². The first-order chi connectivity index (χ1) is 0. The van der Waals surface area contributed by atoms with Gasteiger partial charge < -0.3 is 11.0 Å². The average Bonchev–Trinajstić information content (AvgIpc) is 0. The largest absolute Gasteiger partial charge is 0.412 e. The zero-order valence-corrected chi connectivity index (χ0v) is 12.6. The van der Waals surface area contributed by atoms with E-state index < -0.39 is 0 Å². The molecule has 6 radical (unpaired) electrons. The zero-order chi connectivity index (χ0) is 0. The third kappa shape index (κ3) is 27.0. The van der Waals surface area contributed by atoms with Gasteiger partial charge in [0.15, 0.2) is 0 Å². The molecule has 6 heavy (non-hydrogen) atoms. The van der Waals surface area contributed by atoms with Crippen molar-refractivity contribution in [1.82, 2.24) is 0 Å². The third-order valence-electron chi connectivity index (χ3n) is 0.